The maximum Gasteiger partial charge on any atom is 0.252 e. The van der Waals surface area contributed by atoms with Gasteiger partial charge in [0.15, 0.2) is 0 Å². The highest BCUT2D eigenvalue weighted by atomic mass is 79.9. The fraction of sp³-hybridized carbons (Fsp3) is 0.562. The van der Waals surface area contributed by atoms with Gasteiger partial charge in [0.25, 0.3) is 5.91 Å². The summed E-state index contributed by atoms with van der Waals surface area (Å²) in [7, 11) is 0. The molecule has 1 fully saturated rings. The number of carbonyl (C=O) groups is 1. The maximum absolute atomic E-state index is 12.5. The topological polar surface area (TPSA) is 29.1 Å². The number of halogens is 1. The molecule has 2 nitrogen and oxygen atoms in total. The van der Waals surface area contributed by atoms with Crippen LogP contribution in [0.15, 0.2) is 12.1 Å². The van der Waals surface area contributed by atoms with Gasteiger partial charge in [0.2, 0.25) is 0 Å². The molecule has 2 unspecified atom stereocenters. The van der Waals surface area contributed by atoms with E-state index in [0.717, 1.165) is 29.5 Å². The Bertz CT molecular complexity index is 461. The fourth-order valence-electron chi connectivity index (χ4n) is 3.03. The Morgan fingerprint density at radius 2 is 1.74 bits per heavy atom. The Kier molecular flexibility index (Phi) is 4.67. The van der Waals surface area contributed by atoms with E-state index in [0.29, 0.717) is 4.83 Å². The summed E-state index contributed by atoms with van der Waals surface area (Å²) in [6.45, 7) is 6.10. The lowest BCUT2D eigenvalue weighted by Crippen LogP contribution is -2.43. The maximum atomic E-state index is 12.5. The van der Waals surface area contributed by atoms with Gasteiger partial charge >= 0.3 is 0 Å². The van der Waals surface area contributed by atoms with E-state index in [-0.39, 0.29) is 11.9 Å². The summed E-state index contributed by atoms with van der Waals surface area (Å²) >= 11 is 3.69. The third-order valence-corrected chi connectivity index (χ3v) is 5.00. The molecule has 104 valence electrons. The van der Waals surface area contributed by atoms with E-state index in [4.69, 9.17) is 0 Å². The molecule has 3 heteroatoms. The van der Waals surface area contributed by atoms with E-state index in [2.05, 4.69) is 40.3 Å². The quantitative estimate of drug-likeness (QED) is 0.817. The molecule has 19 heavy (non-hydrogen) atoms. The van der Waals surface area contributed by atoms with E-state index in [9.17, 15) is 4.79 Å². The summed E-state index contributed by atoms with van der Waals surface area (Å²) in [5.41, 5.74) is 4.19. The minimum Gasteiger partial charge on any atom is -0.348 e. The number of aryl methyl sites for hydroxylation is 3. The van der Waals surface area contributed by atoms with E-state index in [1.165, 1.54) is 18.4 Å². The molecule has 0 spiro atoms. The van der Waals surface area contributed by atoms with Crippen LogP contribution in [0.2, 0.25) is 0 Å². The molecule has 1 aliphatic carbocycles. The lowest BCUT2D eigenvalue weighted by atomic mass is 9.94. The van der Waals surface area contributed by atoms with Gasteiger partial charge in [0, 0.05) is 16.4 Å². The molecule has 1 aromatic rings. The minimum atomic E-state index is 0.0753. The number of carbonyl (C=O) groups excluding carboxylic acids is 1. The zero-order valence-corrected chi connectivity index (χ0v) is 13.5. The van der Waals surface area contributed by atoms with Crippen molar-refractivity contribution in [3.8, 4) is 0 Å². The fourth-order valence-corrected chi connectivity index (χ4v) is 3.75. The van der Waals surface area contributed by atoms with Crippen molar-refractivity contribution in [3.05, 3.63) is 34.4 Å². The number of hydrogen-bond acceptors (Lipinski definition) is 1. The molecular formula is C16H22BrNO. The highest BCUT2D eigenvalue weighted by Gasteiger charge is 2.25. The minimum absolute atomic E-state index is 0.0753. The van der Waals surface area contributed by atoms with Gasteiger partial charge in [-0.2, -0.15) is 0 Å². The van der Waals surface area contributed by atoms with Gasteiger partial charge in [-0.1, -0.05) is 46.5 Å². The van der Waals surface area contributed by atoms with Crippen molar-refractivity contribution < 1.29 is 4.79 Å². The van der Waals surface area contributed by atoms with Crippen molar-refractivity contribution in [2.75, 3.05) is 0 Å². The number of alkyl halides is 1. The van der Waals surface area contributed by atoms with Crippen LogP contribution in [0.5, 0.6) is 0 Å². The largest absolute Gasteiger partial charge is 0.348 e. The van der Waals surface area contributed by atoms with Crippen LogP contribution in [0.25, 0.3) is 0 Å². The number of amides is 1. The van der Waals surface area contributed by atoms with Crippen LogP contribution in [0.4, 0.5) is 0 Å². The zero-order chi connectivity index (χ0) is 14.0. The van der Waals surface area contributed by atoms with Gasteiger partial charge in [0.1, 0.15) is 0 Å². The average molecular weight is 324 g/mol. The van der Waals surface area contributed by atoms with Crippen molar-refractivity contribution in [2.24, 2.45) is 0 Å². The molecule has 0 aromatic heterocycles. The molecule has 2 atom stereocenters. The van der Waals surface area contributed by atoms with Gasteiger partial charge in [-0.25, -0.2) is 0 Å². The second-order valence-electron chi connectivity index (χ2n) is 5.65. The Morgan fingerprint density at radius 1 is 1.16 bits per heavy atom. The zero-order valence-electron chi connectivity index (χ0n) is 11.9. The van der Waals surface area contributed by atoms with Crippen molar-refractivity contribution >= 4 is 21.8 Å². The van der Waals surface area contributed by atoms with Crippen LogP contribution >= 0.6 is 15.9 Å². The third-order valence-electron chi connectivity index (χ3n) is 3.90. The van der Waals surface area contributed by atoms with Crippen molar-refractivity contribution in [2.45, 2.75) is 57.3 Å². The average Bonchev–Trinajstić information content (AvgIpc) is 2.30. The van der Waals surface area contributed by atoms with Gasteiger partial charge in [0.05, 0.1) is 0 Å². The van der Waals surface area contributed by atoms with E-state index < -0.39 is 0 Å². The molecule has 1 aliphatic rings. The highest BCUT2D eigenvalue weighted by molar-refractivity contribution is 9.09. The number of nitrogens with one attached hydrogen (secondary N) is 1. The molecular weight excluding hydrogens is 302 g/mol. The Morgan fingerprint density at radius 3 is 2.32 bits per heavy atom. The first-order valence-electron chi connectivity index (χ1n) is 7.02. The molecule has 0 saturated heterocycles. The van der Waals surface area contributed by atoms with Crippen molar-refractivity contribution in [1.29, 1.82) is 0 Å². The second-order valence-corrected chi connectivity index (χ2v) is 6.83. The first kappa shape index (κ1) is 14.6. The van der Waals surface area contributed by atoms with Crippen LogP contribution in [0.3, 0.4) is 0 Å². The Labute approximate surface area is 124 Å². The highest BCUT2D eigenvalue weighted by Crippen LogP contribution is 2.25. The van der Waals surface area contributed by atoms with Crippen LogP contribution in [0.1, 0.15) is 52.7 Å². The molecule has 1 saturated carbocycles. The van der Waals surface area contributed by atoms with Crippen LogP contribution < -0.4 is 5.32 Å². The third kappa shape index (κ3) is 3.38. The van der Waals surface area contributed by atoms with E-state index in [1.807, 2.05) is 13.8 Å². The monoisotopic (exact) mass is 323 g/mol. The number of benzene rings is 1. The molecule has 2 rings (SSSR count). The van der Waals surface area contributed by atoms with Gasteiger partial charge in [-0.3, -0.25) is 4.79 Å². The predicted molar refractivity (Wildman–Crippen MR) is 83.1 cm³/mol. The molecule has 0 bridgehead atoms. The van der Waals surface area contributed by atoms with Crippen LogP contribution in [-0.4, -0.2) is 16.8 Å². The lowest BCUT2D eigenvalue weighted by molar-refractivity contribution is 0.0928. The van der Waals surface area contributed by atoms with Gasteiger partial charge < -0.3 is 5.32 Å². The summed E-state index contributed by atoms with van der Waals surface area (Å²) in [5, 5.41) is 3.20. The first-order valence-corrected chi connectivity index (χ1v) is 7.93. The SMILES string of the molecule is Cc1cc(C)c(C(=O)NC2CCCCC2Br)c(C)c1. The number of rotatable bonds is 2. The normalized spacial score (nSPS) is 23.2. The van der Waals surface area contributed by atoms with E-state index in [1.54, 1.807) is 0 Å². The van der Waals surface area contributed by atoms with Crippen LogP contribution in [-0.2, 0) is 0 Å². The summed E-state index contributed by atoms with van der Waals surface area (Å²) in [6.07, 6.45) is 4.69. The summed E-state index contributed by atoms with van der Waals surface area (Å²) < 4.78 is 0. The van der Waals surface area contributed by atoms with E-state index >= 15 is 0 Å². The lowest BCUT2D eigenvalue weighted by Gasteiger charge is -2.28. The van der Waals surface area contributed by atoms with Crippen molar-refractivity contribution in [1.82, 2.24) is 5.32 Å². The Hall–Kier alpha value is -0.830. The predicted octanol–water partition coefficient (Wildman–Crippen LogP) is 4.05. The molecule has 0 radical (unpaired) electrons. The second kappa shape index (κ2) is 6.08. The molecule has 1 amide bonds. The molecule has 1 aromatic carbocycles. The molecule has 1 N–H and O–H groups in total. The van der Waals surface area contributed by atoms with Crippen LogP contribution in [0, 0.1) is 20.8 Å². The molecule has 0 aliphatic heterocycles. The standard InChI is InChI=1S/C16H22BrNO/c1-10-8-11(2)15(12(3)9-10)16(19)18-14-7-5-4-6-13(14)17/h8-9,13-14H,4-7H2,1-3H3,(H,18,19). The summed E-state index contributed by atoms with van der Waals surface area (Å²) in [4.78, 5) is 12.9. The number of hydrogen-bond donors (Lipinski definition) is 1. The smallest absolute Gasteiger partial charge is 0.252 e. The summed E-state index contributed by atoms with van der Waals surface area (Å²) in [5.74, 6) is 0.0753. The van der Waals surface area contributed by atoms with Gasteiger partial charge in [-0.15, -0.1) is 0 Å². The van der Waals surface area contributed by atoms with Gasteiger partial charge in [-0.05, 0) is 44.7 Å². The van der Waals surface area contributed by atoms with Crippen molar-refractivity contribution in [3.63, 3.8) is 0 Å². The Balaban J connectivity index is 2.16. The first-order chi connectivity index (χ1) is 8.99. The molecule has 0 heterocycles. The summed E-state index contributed by atoms with van der Waals surface area (Å²) in [6, 6.07) is 4.42.